The minimum absolute atomic E-state index is 0.443. The third kappa shape index (κ3) is 1.83. The van der Waals surface area contributed by atoms with E-state index in [9.17, 15) is 0 Å². The van der Waals surface area contributed by atoms with Crippen LogP contribution in [-0.2, 0) is 6.42 Å². The Morgan fingerprint density at radius 2 is 2.27 bits per heavy atom. The molecule has 4 nitrogen and oxygen atoms in total. The van der Waals surface area contributed by atoms with Crippen molar-refractivity contribution in [3.63, 3.8) is 0 Å². The van der Waals surface area contributed by atoms with E-state index < -0.39 is 0 Å². The fourth-order valence-electron chi connectivity index (χ4n) is 1.58. The Labute approximate surface area is 92.9 Å². The predicted octanol–water partition coefficient (Wildman–Crippen LogP) is 2.20. The van der Waals surface area contributed by atoms with Gasteiger partial charge in [0.1, 0.15) is 0 Å². The number of aromatic amines is 1. The van der Waals surface area contributed by atoms with Gasteiger partial charge < -0.3 is 0 Å². The van der Waals surface area contributed by atoms with Gasteiger partial charge in [0.25, 0.3) is 0 Å². The SMILES string of the molecule is CCc1ccc(-n2[nH]nnc2=S)cc1C. The number of nitrogens with zero attached hydrogens (tertiary/aromatic N) is 3. The molecule has 2 aromatic rings. The van der Waals surface area contributed by atoms with Crippen LogP contribution < -0.4 is 0 Å². The number of hydrogen-bond acceptors (Lipinski definition) is 3. The summed E-state index contributed by atoms with van der Waals surface area (Å²) < 4.78 is 2.13. The standard InChI is InChI=1S/C10H12N4S/c1-3-8-4-5-9(6-7(8)2)14-10(15)11-12-13-14/h4-6H,3H2,1-2H3,(H,11,13,15). The van der Waals surface area contributed by atoms with Crippen molar-refractivity contribution in [3.05, 3.63) is 34.1 Å². The van der Waals surface area contributed by atoms with Crippen molar-refractivity contribution in [2.75, 3.05) is 0 Å². The lowest BCUT2D eigenvalue weighted by atomic mass is 10.1. The van der Waals surface area contributed by atoms with Crippen molar-refractivity contribution in [2.24, 2.45) is 0 Å². The Hall–Kier alpha value is -1.49. The van der Waals surface area contributed by atoms with Gasteiger partial charge in [-0.05, 0) is 48.8 Å². The van der Waals surface area contributed by atoms with Crippen LogP contribution in [0.25, 0.3) is 5.69 Å². The van der Waals surface area contributed by atoms with E-state index >= 15 is 0 Å². The average Bonchev–Trinajstić information content (AvgIpc) is 2.64. The fourth-order valence-corrected chi connectivity index (χ4v) is 1.77. The number of nitrogens with one attached hydrogen (secondary N) is 1. The minimum atomic E-state index is 0.443. The van der Waals surface area contributed by atoms with Gasteiger partial charge in [-0.25, -0.2) is 4.68 Å². The first kappa shape index (κ1) is 10.0. The summed E-state index contributed by atoms with van der Waals surface area (Å²) in [5, 5.41) is 10.1. The predicted molar refractivity (Wildman–Crippen MR) is 60.7 cm³/mol. The van der Waals surface area contributed by atoms with Gasteiger partial charge in [-0.15, -0.1) is 0 Å². The van der Waals surface area contributed by atoms with Crippen LogP contribution in [0.5, 0.6) is 0 Å². The molecule has 5 heteroatoms. The fraction of sp³-hybridized carbons (Fsp3) is 0.300. The van der Waals surface area contributed by atoms with Crippen LogP contribution in [0.3, 0.4) is 0 Å². The quantitative estimate of drug-likeness (QED) is 0.789. The van der Waals surface area contributed by atoms with Gasteiger partial charge in [0.05, 0.1) is 5.69 Å². The summed E-state index contributed by atoms with van der Waals surface area (Å²) in [6.07, 6.45) is 1.04. The van der Waals surface area contributed by atoms with E-state index in [4.69, 9.17) is 12.2 Å². The number of tetrazole rings is 1. The summed E-state index contributed by atoms with van der Waals surface area (Å²) in [6, 6.07) is 6.20. The maximum Gasteiger partial charge on any atom is 0.242 e. The van der Waals surface area contributed by atoms with Crippen molar-refractivity contribution >= 4 is 12.2 Å². The van der Waals surface area contributed by atoms with Crippen LogP contribution in [-0.4, -0.2) is 20.2 Å². The summed E-state index contributed by atoms with van der Waals surface area (Å²) in [4.78, 5) is 0. The molecule has 0 amide bonds. The van der Waals surface area contributed by atoms with E-state index in [0.717, 1.165) is 12.1 Å². The van der Waals surface area contributed by atoms with E-state index in [2.05, 4.69) is 41.5 Å². The lowest BCUT2D eigenvalue weighted by molar-refractivity contribution is 0.784. The molecule has 0 saturated carbocycles. The van der Waals surface area contributed by atoms with Crippen molar-refractivity contribution in [1.29, 1.82) is 0 Å². The molecule has 0 radical (unpaired) electrons. The zero-order valence-corrected chi connectivity index (χ0v) is 9.51. The second-order valence-corrected chi connectivity index (χ2v) is 3.75. The Morgan fingerprint density at radius 3 is 2.80 bits per heavy atom. The summed E-state index contributed by atoms with van der Waals surface area (Å²) in [6.45, 7) is 4.24. The molecule has 1 heterocycles. The van der Waals surface area contributed by atoms with E-state index in [1.807, 2.05) is 6.07 Å². The molecule has 1 N–H and O–H groups in total. The molecule has 0 aliphatic carbocycles. The first-order valence-electron chi connectivity index (χ1n) is 4.82. The highest BCUT2D eigenvalue weighted by atomic mass is 32.1. The number of aryl methyl sites for hydroxylation is 2. The number of hydrogen-bond donors (Lipinski definition) is 1. The Balaban J connectivity index is 2.52. The summed E-state index contributed by atoms with van der Waals surface area (Å²) in [5.74, 6) is 0. The molecule has 0 spiro atoms. The van der Waals surface area contributed by atoms with Gasteiger partial charge in [0.15, 0.2) is 0 Å². The second-order valence-electron chi connectivity index (χ2n) is 3.38. The number of aromatic nitrogens is 4. The van der Waals surface area contributed by atoms with Crippen LogP contribution in [0.4, 0.5) is 0 Å². The topological polar surface area (TPSA) is 46.5 Å². The smallest absolute Gasteiger partial charge is 0.210 e. The molecule has 78 valence electrons. The van der Waals surface area contributed by atoms with Gasteiger partial charge in [-0.3, -0.25) is 0 Å². The average molecular weight is 220 g/mol. The van der Waals surface area contributed by atoms with Crippen molar-refractivity contribution in [2.45, 2.75) is 20.3 Å². The second kappa shape index (κ2) is 3.94. The molecule has 15 heavy (non-hydrogen) atoms. The molecule has 0 aliphatic heterocycles. The number of benzene rings is 1. The maximum absolute atomic E-state index is 5.03. The summed E-state index contributed by atoms with van der Waals surface area (Å²) in [7, 11) is 0. The molecule has 0 atom stereocenters. The molecule has 2 rings (SSSR count). The molecule has 0 saturated heterocycles. The van der Waals surface area contributed by atoms with Crippen LogP contribution in [0.15, 0.2) is 18.2 Å². The lowest BCUT2D eigenvalue weighted by Gasteiger charge is -2.06. The van der Waals surface area contributed by atoms with Crippen molar-refractivity contribution in [3.8, 4) is 5.69 Å². The van der Waals surface area contributed by atoms with E-state index in [1.165, 1.54) is 11.1 Å². The van der Waals surface area contributed by atoms with Crippen LogP contribution >= 0.6 is 12.2 Å². The summed E-state index contributed by atoms with van der Waals surface area (Å²) >= 11 is 5.03. The van der Waals surface area contributed by atoms with Gasteiger partial charge in [0.2, 0.25) is 4.77 Å². The number of rotatable bonds is 2. The third-order valence-electron chi connectivity index (χ3n) is 2.44. The zero-order chi connectivity index (χ0) is 10.8. The van der Waals surface area contributed by atoms with Crippen molar-refractivity contribution < 1.29 is 0 Å². The first-order chi connectivity index (χ1) is 7.22. The first-order valence-corrected chi connectivity index (χ1v) is 5.23. The van der Waals surface area contributed by atoms with E-state index in [-0.39, 0.29) is 0 Å². The lowest BCUT2D eigenvalue weighted by Crippen LogP contribution is -1.98. The molecule has 1 aromatic heterocycles. The van der Waals surface area contributed by atoms with Gasteiger partial charge >= 0.3 is 0 Å². The Morgan fingerprint density at radius 1 is 1.47 bits per heavy atom. The molecule has 0 bridgehead atoms. The van der Waals surface area contributed by atoms with Gasteiger partial charge in [-0.1, -0.05) is 23.3 Å². The Kier molecular flexibility index (Phi) is 2.64. The Bertz CT molecular complexity index is 526. The highest BCUT2D eigenvalue weighted by Crippen LogP contribution is 2.14. The van der Waals surface area contributed by atoms with Gasteiger partial charge in [0, 0.05) is 0 Å². The number of H-pyrrole nitrogens is 1. The molecule has 1 aromatic carbocycles. The zero-order valence-electron chi connectivity index (χ0n) is 8.69. The van der Waals surface area contributed by atoms with Crippen LogP contribution in [0.2, 0.25) is 0 Å². The van der Waals surface area contributed by atoms with Crippen LogP contribution in [0.1, 0.15) is 18.1 Å². The minimum Gasteiger partial charge on any atom is -0.210 e. The monoisotopic (exact) mass is 220 g/mol. The van der Waals surface area contributed by atoms with Crippen molar-refractivity contribution in [1.82, 2.24) is 20.2 Å². The molecule has 0 unspecified atom stereocenters. The molecular formula is C10H12N4S. The normalized spacial score (nSPS) is 10.5. The molecule has 0 fully saturated rings. The summed E-state index contributed by atoms with van der Waals surface area (Å²) in [5.41, 5.74) is 3.57. The maximum atomic E-state index is 5.03. The molecular weight excluding hydrogens is 208 g/mol. The van der Waals surface area contributed by atoms with Gasteiger partial charge in [-0.2, -0.15) is 5.21 Å². The molecule has 0 aliphatic rings. The van der Waals surface area contributed by atoms with E-state index in [0.29, 0.717) is 4.77 Å². The van der Waals surface area contributed by atoms with E-state index in [1.54, 1.807) is 4.68 Å². The highest BCUT2D eigenvalue weighted by Gasteiger charge is 2.02. The highest BCUT2D eigenvalue weighted by molar-refractivity contribution is 7.71. The van der Waals surface area contributed by atoms with Crippen LogP contribution in [0, 0.1) is 11.7 Å². The largest absolute Gasteiger partial charge is 0.242 e. The third-order valence-corrected chi connectivity index (χ3v) is 2.70.